The largest absolute Gasteiger partial charge is 0.299 e. The van der Waals surface area contributed by atoms with E-state index in [0.29, 0.717) is 11.7 Å². The lowest BCUT2D eigenvalue weighted by molar-refractivity contribution is -0.123. The predicted molar refractivity (Wildman–Crippen MR) is 50.8 cm³/mol. The molecule has 0 saturated heterocycles. The smallest absolute Gasteiger partial charge is 0.135 e. The number of Topliss-reactive ketones (excluding diaryl/α,β-unsaturated/α-hetero) is 1. The highest BCUT2D eigenvalue weighted by atomic mass is 16.1. The van der Waals surface area contributed by atoms with Gasteiger partial charge in [0.05, 0.1) is 0 Å². The summed E-state index contributed by atoms with van der Waals surface area (Å²) >= 11 is 0. The Kier molecular flexibility index (Phi) is 4.34. The molecular formula is C11H19O. The molecule has 1 aliphatic carbocycles. The number of carbonyl (C=O) groups is 1. The third-order valence-corrected chi connectivity index (χ3v) is 2.73. The first-order chi connectivity index (χ1) is 5.84. The minimum Gasteiger partial charge on any atom is -0.299 e. The number of ketones is 1. The van der Waals surface area contributed by atoms with Crippen molar-refractivity contribution in [1.82, 2.24) is 0 Å². The van der Waals surface area contributed by atoms with E-state index >= 15 is 0 Å². The van der Waals surface area contributed by atoms with Crippen LogP contribution in [0.4, 0.5) is 0 Å². The zero-order chi connectivity index (χ0) is 8.81. The van der Waals surface area contributed by atoms with Gasteiger partial charge >= 0.3 is 0 Å². The lowest BCUT2D eigenvalue weighted by Crippen LogP contribution is -2.17. The van der Waals surface area contributed by atoms with Crippen molar-refractivity contribution in [3.05, 3.63) is 6.92 Å². The van der Waals surface area contributed by atoms with Gasteiger partial charge < -0.3 is 0 Å². The van der Waals surface area contributed by atoms with E-state index in [1.807, 2.05) is 0 Å². The first kappa shape index (κ1) is 9.76. The van der Waals surface area contributed by atoms with Crippen LogP contribution in [0.15, 0.2) is 0 Å². The molecule has 1 heteroatoms. The van der Waals surface area contributed by atoms with Crippen molar-refractivity contribution >= 4 is 5.78 Å². The summed E-state index contributed by atoms with van der Waals surface area (Å²) in [4.78, 5) is 11.5. The monoisotopic (exact) mass is 167 g/mol. The van der Waals surface area contributed by atoms with Crippen molar-refractivity contribution in [3.63, 3.8) is 0 Å². The van der Waals surface area contributed by atoms with Gasteiger partial charge in [-0.25, -0.2) is 0 Å². The zero-order valence-electron chi connectivity index (χ0n) is 7.85. The second-order valence-electron chi connectivity index (χ2n) is 3.76. The van der Waals surface area contributed by atoms with Crippen molar-refractivity contribution in [1.29, 1.82) is 0 Å². The Morgan fingerprint density at radius 3 is 2.50 bits per heavy atom. The maximum Gasteiger partial charge on any atom is 0.135 e. The van der Waals surface area contributed by atoms with Crippen molar-refractivity contribution in [2.24, 2.45) is 5.92 Å². The number of hydrogen-bond donors (Lipinski definition) is 0. The first-order valence-corrected chi connectivity index (χ1v) is 5.16. The molecule has 0 bridgehead atoms. The molecule has 1 radical (unpaired) electrons. The maximum atomic E-state index is 11.5. The molecule has 1 fully saturated rings. The standard InChI is InChI=1S/C11H19O/c1-2-3-9-11(12)10-7-5-4-6-8-10/h10H,1-9H2. The van der Waals surface area contributed by atoms with Crippen LogP contribution in [-0.2, 0) is 4.79 Å². The molecule has 0 spiro atoms. The Balaban J connectivity index is 2.20. The molecule has 12 heavy (non-hydrogen) atoms. The summed E-state index contributed by atoms with van der Waals surface area (Å²) in [6, 6.07) is 0. The van der Waals surface area contributed by atoms with E-state index < -0.39 is 0 Å². The molecule has 0 aromatic carbocycles. The van der Waals surface area contributed by atoms with Gasteiger partial charge in [-0.1, -0.05) is 32.6 Å². The van der Waals surface area contributed by atoms with Crippen molar-refractivity contribution < 1.29 is 4.79 Å². The van der Waals surface area contributed by atoms with E-state index in [1.54, 1.807) is 0 Å². The van der Waals surface area contributed by atoms with E-state index in [0.717, 1.165) is 32.1 Å². The average Bonchev–Trinajstić information content (AvgIpc) is 2.15. The van der Waals surface area contributed by atoms with E-state index in [-0.39, 0.29) is 0 Å². The summed E-state index contributed by atoms with van der Waals surface area (Å²) in [7, 11) is 0. The number of carbonyl (C=O) groups excluding carboxylic acids is 1. The average molecular weight is 167 g/mol. The molecule has 0 atom stereocenters. The van der Waals surface area contributed by atoms with Gasteiger partial charge in [-0.15, -0.1) is 0 Å². The summed E-state index contributed by atoms with van der Waals surface area (Å²) in [5.74, 6) is 0.906. The molecule has 0 unspecified atom stereocenters. The van der Waals surface area contributed by atoms with Crippen LogP contribution >= 0.6 is 0 Å². The van der Waals surface area contributed by atoms with Crippen molar-refractivity contribution in [3.8, 4) is 0 Å². The lowest BCUT2D eigenvalue weighted by Gasteiger charge is -2.19. The molecule has 0 aromatic heterocycles. The van der Waals surface area contributed by atoms with Crippen LogP contribution in [0.1, 0.15) is 51.4 Å². The Bertz CT molecular complexity index is 134. The van der Waals surface area contributed by atoms with Crippen LogP contribution in [0.25, 0.3) is 0 Å². The predicted octanol–water partition coefficient (Wildman–Crippen LogP) is 3.14. The van der Waals surface area contributed by atoms with E-state index in [1.165, 1.54) is 19.3 Å². The SMILES string of the molecule is [CH2]CCCC(=O)C1CCCCC1. The Morgan fingerprint density at radius 1 is 1.25 bits per heavy atom. The fourth-order valence-electron chi connectivity index (χ4n) is 1.93. The van der Waals surface area contributed by atoms with Crippen LogP contribution in [0.2, 0.25) is 0 Å². The Morgan fingerprint density at radius 2 is 1.92 bits per heavy atom. The number of unbranched alkanes of at least 4 members (excludes halogenated alkanes) is 1. The van der Waals surface area contributed by atoms with E-state index in [2.05, 4.69) is 6.92 Å². The highest BCUT2D eigenvalue weighted by molar-refractivity contribution is 5.80. The normalized spacial score (nSPS) is 19.4. The minimum absolute atomic E-state index is 0.408. The highest BCUT2D eigenvalue weighted by Gasteiger charge is 2.19. The van der Waals surface area contributed by atoms with Crippen LogP contribution < -0.4 is 0 Å². The van der Waals surface area contributed by atoms with Gasteiger partial charge in [0, 0.05) is 12.3 Å². The van der Waals surface area contributed by atoms with Gasteiger partial charge in [0.1, 0.15) is 5.78 Å². The zero-order valence-corrected chi connectivity index (χ0v) is 7.85. The molecule has 69 valence electrons. The van der Waals surface area contributed by atoms with Gasteiger partial charge in [0.25, 0.3) is 0 Å². The minimum atomic E-state index is 0.408. The summed E-state index contributed by atoms with van der Waals surface area (Å²) in [6.07, 6.45) is 8.81. The molecule has 0 heterocycles. The summed E-state index contributed by atoms with van der Waals surface area (Å²) in [5, 5.41) is 0. The van der Waals surface area contributed by atoms with Gasteiger partial charge in [-0.3, -0.25) is 4.79 Å². The van der Waals surface area contributed by atoms with Crippen LogP contribution in [0.3, 0.4) is 0 Å². The molecular weight excluding hydrogens is 148 g/mol. The highest BCUT2D eigenvalue weighted by Crippen LogP contribution is 2.25. The van der Waals surface area contributed by atoms with Crippen LogP contribution in [0, 0.1) is 12.8 Å². The second kappa shape index (κ2) is 5.34. The fraction of sp³-hybridized carbons (Fsp3) is 0.818. The molecule has 1 aliphatic rings. The Hall–Kier alpha value is -0.330. The third kappa shape index (κ3) is 2.96. The second-order valence-corrected chi connectivity index (χ2v) is 3.76. The molecule has 0 N–H and O–H groups in total. The molecule has 1 rings (SSSR count). The van der Waals surface area contributed by atoms with Gasteiger partial charge in [0.15, 0.2) is 0 Å². The first-order valence-electron chi connectivity index (χ1n) is 5.16. The third-order valence-electron chi connectivity index (χ3n) is 2.73. The van der Waals surface area contributed by atoms with Crippen LogP contribution in [-0.4, -0.2) is 5.78 Å². The van der Waals surface area contributed by atoms with Crippen molar-refractivity contribution in [2.75, 3.05) is 0 Å². The molecule has 1 saturated carbocycles. The summed E-state index contributed by atoms with van der Waals surface area (Å²) in [6.45, 7) is 3.75. The van der Waals surface area contributed by atoms with Crippen LogP contribution in [0.5, 0.6) is 0 Å². The van der Waals surface area contributed by atoms with E-state index in [4.69, 9.17) is 0 Å². The molecule has 0 aliphatic heterocycles. The summed E-state index contributed by atoms with van der Waals surface area (Å²) < 4.78 is 0. The van der Waals surface area contributed by atoms with Gasteiger partial charge in [-0.2, -0.15) is 0 Å². The molecule has 0 amide bonds. The fourth-order valence-corrected chi connectivity index (χ4v) is 1.93. The lowest BCUT2D eigenvalue weighted by atomic mass is 9.85. The quantitative estimate of drug-likeness (QED) is 0.628. The topological polar surface area (TPSA) is 17.1 Å². The Labute approximate surface area is 75.5 Å². The number of hydrogen-bond acceptors (Lipinski definition) is 1. The van der Waals surface area contributed by atoms with Crippen molar-refractivity contribution in [2.45, 2.75) is 51.4 Å². The van der Waals surface area contributed by atoms with Gasteiger partial charge in [-0.05, 0) is 19.3 Å². The molecule has 1 nitrogen and oxygen atoms in total. The van der Waals surface area contributed by atoms with E-state index in [9.17, 15) is 4.79 Å². The van der Waals surface area contributed by atoms with Gasteiger partial charge in [0.2, 0.25) is 0 Å². The number of rotatable bonds is 4. The summed E-state index contributed by atoms with van der Waals surface area (Å²) in [5.41, 5.74) is 0. The maximum absolute atomic E-state index is 11.5. The molecule has 0 aromatic rings.